The number of aromatic nitrogens is 1. The molecule has 1 N–H and O–H groups in total. The topological polar surface area (TPSA) is 34.2 Å². The van der Waals surface area contributed by atoms with Gasteiger partial charge in [-0.25, -0.2) is 4.98 Å². The molecule has 19 heavy (non-hydrogen) atoms. The molecular formula is C15H20N2OS. The van der Waals surface area contributed by atoms with Gasteiger partial charge in [-0.2, -0.15) is 0 Å². The maximum absolute atomic E-state index is 5.74. The van der Waals surface area contributed by atoms with Crippen LogP contribution in [0.3, 0.4) is 0 Å². The standard InChI is InChI=1S/C15H20N2OS/c1-2-8-16-15-13(5-3-9-17-15)12-18-10-7-14-6-4-11-19-14/h3-6,9,11H,2,7-8,10,12H2,1H3,(H,16,17). The summed E-state index contributed by atoms with van der Waals surface area (Å²) in [6.07, 6.45) is 3.89. The molecule has 0 unspecified atom stereocenters. The molecule has 0 bridgehead atoms. The number of rotatable bonds is 8. The number of ether oxygens (including phenoxy) is 1. The summed E-state index contributed by atoms with van der Waals surface area (Å²) in [4.78, 5) is 5.73. The molecule has 0 aliphatic heterocycles. The highest BCUT2D eigenvalue weighted by Gasteiger charge is 2.02. The summed E-state index contributed by atoms with van der Waals surface area (Å²) in [5, 5.41) is 5.43. The van der Waals surface area contributed by atoms with Crippen LogP contribution < -0.4 is 5.32 Å². The molecule has 0 aliphatic rings. The molecular weight excluding hydrogens is 256 g/mol. The zero-order valence-corrected chi connectivity index (χ0v) is 12.1. The smallest absolute Gasteiger partial charge is 0.131 e. The van der Waals surface area contributed by atoms with Gasteiger partial charge in [0.2, 0.25) is 0 Å². The lowest BCUT2D eigenvalue weighted by molar-refractivity contribution is 0.124. The highest BCUT2D eigenvalue weighted by Crippen LogP contribution is 2.14. The van der Waals surface area contributed by atoms with E-state index in [9.17, 15) is 0 Å². The van der Waals surface area contributed by atoms with Crippen LogP contribution in [0, 0.1) is 0 Å². The Hall–Kier alpha value is -1.39. The van der Waals surface area contributed by atoms with Gasteiger partial charge >= 0.3 is 0 Å². The first-order valence-corrected chi connectivity index (χ1v) is 7.56. The van der Waals surface area contributed by atoms with Crippen molar-refractivity contribution in [3.8, 4) is 0 Å². The second-order valence-corrected chi connectivity index (χ2v) is 5.35. The minimum absolute atomic E-state index is 0.616. The summed E-state index contributed by atoms with van der Waals surface area (Å²) in [7, 11) is 0. The van der Waals surface area contributed by atoms with Gasteiger partial charge in [-0.1, -0.05) is 19.1 Å². The minimum atomic E-state index is 0.616. The Bertz CT molecular complexity index is 471. The molecule has 0 atom stereocenters. The Morgan fingerprint density at radius 2 is 2.26 bits per heavy atom. The van der Waals surface area contributed by atoms with Crippen molar-refractivity contribution in [2.75, 3.05) is 18.5 Å². The van der Waals surface area contributed by atoms with Gasteiger partial charge in [0.25, 0.3) is 0 Å². The van der Waals surface area contributed by atoms with Crippen molar-refractivity contribution in [2.45, 2.75) is 26.4 Å². The van der Waals surface area contributed by atoms with Gasteiger partial charge in [0.1, 0.15) is 5.82 Å². The Morgan fingerprint density at radius 3 is 3.05 bits per heavy atom. The molecule has 0 aromatic carbocycles. The Labute approximate surface area is 118 Å². The molecule has 0 fully saturated rings. The first-order chi connectivity index (χ1) is 9.40. The highest BCUT2D eigenvalue weighted by atomic mass is 32.1. The van der Waals surface area contributed by atoms with E-state index in [-0.39, 0.29) is 0 Å². The number of thiophene rings is 1. The molecule has 0 saturated heterocycles. The van der Waals surface area contributed by atoms with Crippen LogP contribution >= 0.6 is 11.3 Å². The summed E-state index contributed by atoms with van der Waals surface area (Å²) >= 11 is 1.78. The number of hydrogen-bond acceptors (Lipinski definition) is 4. The molecule has 2 aromatic rings. The molecule has 2 aromatic heterocycles. The first kappa shape index (κ1) is 14.0. The molecule has 2 rings (SSSR count). The third kappa shape index (κ3) is 4.65. The van der Waals surface area contributed by atoms with Gasteiger partial charge in [0.15, 0.2) is 0 Å². The second-order valence-electron chi connectivity index (χ2n) is 4.32. The van der Waals surface area contributed by atoms with Crippen molar-refractivity contribution in [3.63, 3.8) is 0 Å². The van der Waals surface area contributed by atoms with E-state index in [4.69, 9.17) is 4.74 Å². The van der Waals surface area contributed by atoms with Crippen LogP contribution in [0.25, 0.3) is 0 Å². The second kappa shape index (κ2) is 7.92. The molecule has 102 valence electrons. The number of anilines is 1. The lowest BCUT2D eigenvalue weighted by Crippen LogP contribution is -2.06. The summed E-state index contributed by atoms with van der Waals surface area (Å²) in [5.41, 5.74) is 1.13. The number of nitrogens with zero attached hydrogens (tertiary/aromatic N) is 1. The van der Waals surface area contributed by atoms with Gasteiger partial charge in [-0.3, -0.25) is 0 Å². The van der Waals surface area contributed by atoms with Crippen molar-refractivity contribution >= 4 is 17.2 Å². The molecule has 0 radical (unpaired) electrons. The van der Waals surface area contributed by atoms with Crippen LogP contribution in [-0.2, 0) is 17.8 Å². The number of nitrogens with one attached hydrogen (secondary N) is 1. The Morgan fingerprint density at radius 1 is 1.32 bits per heavy atom. The SMILES string of the molecule is CCCNc1ncccc1COCCc1cccs1. The van der Waals surface area contributed by atoms with Crippen molar-refractivity contribution < 1.29 is 4.74 Å². The predicted molar refractivity (Wildman–Crippen MR) is 80.7 cm³/mol. The fourth-order valence-corrected chi connectivity index (χ4v) is 2.46. The van der Waals surface area contributed by atoms with Crippen LogP contribution in [0.5, 0.6) is 0 Å². The molecule has 0 spiro atoms. The van der Waals surface area contributed by atoms with E-state index in [1.807, 2.05) is 12.3 Å². The summed E-state index contributed by atoms with van der Waals surface area (Å²) in [6, 6.07) is 8.24. The van der Waals surface area contributed by atoms with Crippen molar-refractivity contribution in [2.24, 2.45) is 0 Å². The predicted octanol–water partition coefficient (Wildman–Crippen LogP) is 3.72. The van der Waals surface area contributed by atoms with Crippen molar-refractivity contribution in [1.29, 1.82) is 0 Å². The fourth-order valence-electron chi connectivity index (χ4n) is 1.77. The maximum atomic E-state index is 5.74. The van der Waals surface area contributed by atoms with Gasteiger partial charge in [0.05, 0.1) is 13.2 Å². The quantitative estimate of drug-likeness (QED) is 0.746. The van der Waals surface area contributed by atoms with Gasteiger partial charge in [-0.15, -0.1) is 11.3 Å². The normalized spacial score (nSPS) is 10.6. The van der Waals surface area contributed by atoms with Crippen LogP contribution in [0.15, 0.2) is 35.8 Å². The summed E-state index contributed by atoms with van der Waals surface area (Å²) < 4.78 is 5.74. The van der Waals surface area contributed by atoms with Gasteiger partial charge in [0, 0.05) is 29.6 Å². The van der Waals surface area contributed by atoms with E-state index < -0.39 is 0 Å². The molecule has 0 aliphatic carbocycles. The van der Waals surface area contributed by atoms with E-state index in [2.05, 4.69) is 40.8 Å². The van der Waals surface area contributed by atoms with E-state index in [1.165, 1.54) is 4.88 Å². The van der Waals surface area contributed by atoms with E-state index in [0.29, 0.717) is 6.61 Å². The zero-order chi connectivity index (χ0) is 13.3. The first-order valence-electron chi connectivity index (χ1n) is 6.68. The van der Waals surface area contributed by atoms with E-state index in [1.54, 1.807) is 11.3 Å². The molecule has 0 saturated carbocycles. The van der Waals surface area contributed by atoms with Crippen LogP contribution in [0.1, 0.15) is 23.8 Å². The highest BCUT2D eigenvalue weighted by molar-refractivity contribution is 7.09. The Kier molecular flexibility index (Phi) is 5.85. The number of pyridine rings is 1. The van der Waals surface area contributed by atoms with Crippen LogP contribution in [-0.4, -0.2) is 18.1 Å². The lowest BCUT2D eigenvalue weighted by Gasteiger charge is -2.10. The van der Waals surface area contributed by atoms with Gasteiger partial charge in [-0.05, 0) is 23.9 Å². The Balaban J connectivity index is 1.78. The van der Waals surface area contributed by atoms with Crippen molar-refractivity contribution in [3.05, 3.63) is 46.3 Å². The van der Waals surface area contributed by atoms with Crippen LogP contribution in [0.4, 0.5) is 5.82 Å². The average Bonchev–Trinajstić information content (AvgIpc) is 2.95. The zero-order valence-electron chi connectivity index (χ0n) is 11.3. The van der Waals surface area contributed by atoms with Crippen LogP contribution in [0.2, 0.25) is 0 Å². The monoisotopic (exact) mass is 276 g/mol. The molecule has 3 nitrogen and oxygen atoms in total. The fraction of sp³-hybridized carbons (Fsp3) is 0.400. The molecule has 4 heteroatoms. The van der Waals surface area contributed by atoms with E-state index >= 15 is 0 Å². The maximum Gasteiger partial charge on any atom is 0.131 e. The molecule has 0 amide bonds. The molecule has 2 heterocycles. The number of hydrogen-bond donors (Lipinski definition) is 1. The summed E-state index contributed by atoms with van der Waals surface area (Å²) in [6.45, 7) is 4.46. The largest absolute Gasteiger partial charge is 0.376 e. The average molecular weight is 276 g/mol. The third-order valence-corrected chi connectivity index (χ3v) is 3.70. The third-order valence-electron chi connectivity index (χ3n) is 2.76. The minimum Gasteiger partial charge on any atom is -0.376 e. The van der Waals surface area contributed by atoms with Crippen molar-refractivity contribution in [1.82, 2.24) is 4.98 Å². The lowest BCUT2D eigenvalue weighted by atomic mass is 10.2. The summed E-state index contributed by atoms with van der Waals surface area (Å²) in [5.74, 6) is 0.945. The van der Waals surface area contributed by atoms with E-state index in [0.717, 1.165) is 37.4 Å². The van der Waals surface area contributed by atoms with Gasteiger partial charge < -0.3 is 10.1 Å².